The Balaban J connectivity index is 1.68. The number of amides is 1. The Bertz CT molecular complexity index is 959. The van der Waals surface area contributed by atoms with E-state index in [1.165, 1.54) is 0 Å². The molecule has 0 aliphatic carbocycles. The summed E-state index contributed by atoms with van der Waals surface area (Å²) < 4.78 is 16.4. The number of carbonyl (C=O) groups excluding carboxylic acids is 1. The average Bonchev–Trinajstić information content (AvgIpc) is 3.08. The molecule has 1 unspecified atom stereocenters. The number of aromatic nitrogens is 1. The first-order chi connectivity index (χ1) is 13.9. The summed E-state index contributed by atoms with van der Waals surface area (Å²) in [5, 5.41) is 3.92. The Morgan fingerprint density at radius 1 is 1.14 bits per heavy atom. The minimum absolute atomic E-state index is 0.0688. The van der Waals surface area contributed by atoms with Gasteiger partial charge < -0.3 is 18.9 Å². The first-order valence-electron chi connectivity index (χ1n) is 9.47. The summed E-state index contributed by atoms with van der Waals surface area (Å²) in [5.41, 5.74) is 3.32. The second kappa shape index (κ2) is 8.82. The molecule has 1 amide bonds. The van der Waals surface area contributed by atoms with Gasteiger partial charge in [0.2, 0.25) is 0 Å². The number of carbonyl (C=O) groups is 1. The molecule has 0 fully saturated rings. The van der Waals surface area contributed by atoms with E-state index in [1.54, 1.807) is 43.3 Å². The fraction of sp³-hybridized carbons (Fsp3) is 0.304. The number of methoxy groups -OCH3 is 1. The molecular weight excluding hydrogens is 368 g/mol. The number of aryl methyl sites for hydroxylation is 2. The molecule has 0 bridgehead atoms. The molecule has 1 heterocycles. The minimum atomic E-state index is -0.130. The number of benzene rings is 2. The smallest absolute Gasteiger partial charge is 0.254 e. The maximum absolute atomic E-state index is 12.9. The van der Waals surface area contributed by atoms with Gasteiger partial charge in [0.15, 0.2) is 0 Å². The van der Waals surface area contributed by atoms with E-state index in [0.717, 1.165) is 28.3 Å². The SMILES string of the molecule is COc1ccccc1C(C)N(C)C(=O)c1ccc(OCc2c(C)noc2C)cc1. The van der Waals surface area contributed by atoms with Gasteiger partial charge >= 0.3 is 0 Å². The third kappa shape index (κ3) is 4.42. The largest absolute Gasteiger partial charge is 0.496 e. The predicted molar refractivity (Wildman–Crippen MR) is 110 cm³/mol. The topological polar surface area (TPSA) is 64.8 Å². The summed E-state index contributed by atoms with van der Waals surface area (Å²) in [6, 6.07) is 14.7. The van der Waals surface area contributed by atoms with Gasteiger partial charge in [-0.3, -0.25) is 4.79 Å². The van der Waals surface area contributed by atoms with Crippen molar-refractivity contribution in [1.29, 1.82) is 0 Å². The van der Waals surface area contributed by atoms with Gasteiger partial charge in [-0.15, -0.1) is 0 Å². The number of hydrogen-bond donors (Lipinski definition) is 0. The van der Waals surface area contributed by atoms with Gasteiger partial charge in [-0.05, 0) is 51.1 Å². The molecule has 6 nitrogen and oxygen atoms in total. The van der Waals surface area contributed by atoms with Crippen LogP contribution in [0.2, 0.25) is 0 Å². The molecule has 29 heavy (non-hydrogen) atoms. The van der Waals surface area contributed by atoms with Crippen molar-refractivity contribution in [3.05, 3.63) is 76.7 Å². The monoisotopic (exact) mass is 394 g/mol. The molecule has 0 saturated carbocycles. The van der Waals surface area contributed by atoms with E-state index in [1.807, 2.05) is 45.0 Å². The number of rotatable bonds is 7. The number of hydrogen-bond acceptors (Lipinski definition) is 5. The van der Waals surface area contributed by atoms with Gasteiger partial charge in [-0.25, -0.2) is 0 Å². The summed E-state index contributed by atoms with van der Waals surface area (Å²) >= 11 is 0. The molecule has 1 aromatic heterocycles. The van der Waals surface area contributed by atoms with Crippen molar-refractivity contribution < 1.29 is 18.8 Å². The lowest BCUT2D eigenvalue weighted by Crippen LogP contribution is -2.29. The molecule has 0 aliphatic heterocycles. The van der Waals surface area contributed by atoms with Crippen molar-refractivity contribution in [2.45, 2.75) is 33.4 Å². The molecule has 6 heteroatoms. The molecule has 0 spiro atoms. The van der Waals surface area contributed by atoms with E-state index in [2.05, 4.69) is 5.16 Å². The van der Waals surface area contributed by atoms with Gasteiger partial charge in [0.25, 0.3) is 5.91 Å². The normalized spacial score (nSPS) is 11.8. The fourth-order valence-corrected chi connectivity index (χ4v) is 3.16. The zero-order valence-corrected chi connectivity index (χ0v) is 17.4. The van der Waals surface area contributed by atoms with E-state index in [9.17, 15) is 4.79 Å². The van der Waals surface area contributed by atoms with E-state index < -0.39 is 0 Å². The van der Waals surface area contributed by atoms with Crippen molar-refractivity contribution in [3.63, 3.8) is 0 Å². The number of ether oxygens (including phenoxy) is 2. The second-order valence-corrected chi connectivity index (χ2v) is 6.95. The molecular formula is C23H26N2O4. The Kier molecular flexibility index (Phi) is 6.22. The zero-order chi connectivity index (χ0) is 21.0. The maximum Gasteiger partial charge on any atom is 0.254 e. The molecule has 0 saturated heterocycles. The highest BCUT2D eigenvalue weighted by Crippen LogP contribution is 2.29. The second-order valence-electron chi connectivity index (χ2n) is 6.95. The average molecular weight is 394 g/mol. The summed E-state index contributed by atoms with van der Waals surface area (Å²) in [7, 11) is 3.43. The molecule has 1 atom stereocenters. The van der Waals surface area contributed by atoms with Crippen LogP contribution in [0, 0.1) is 13.8 Å². The van der Waals surface area contributed by atoms with Gasteiger partial charge in [-0.2, -0.15) is 0 Å². The third-order valence-electron chi connectivity index (χ3n) is 5.16. The van der Waals surface area contributed by atoms with Crippen molar-refractivity contribution in [3.8, 4) is 11.5 Å². The molecule has 0 aliphatic rings. The minimum Gasteiger partial charge on any atom is -0.496 e. The summed E-state index contributed by atoms with van der Waals surface area (Å²) in [6.07, 6.45) is 0. The standard InChI is InChI=1S/C23H26N2O4/c1-15-21(17(3)29-24-15)14-28-19-12-10-18(11-13-19)23(26)25(4)16(2)20-8-6-7-9-22(20)27-5/h6-13,16H,14H2,1-5H3. The van der Waals surface area contributed by atoms with Crippen LogP contribution in [-0.2, 0) is 6.61 Å². The van der Waals surface area contributed by atoms with Gasteiger partial charge in [-0.1, -0.05) is 23.4 Å². The van der Waals surface area contributed by atoms with Crippen LogP contribution in [0.3, 0.4) is 0 Å². The highest BCUT2D eigenvalue weighted by molar-refractivity contribution is 5.94. The molecule has 0 radical (unpaired) electrons. The molecule has 2 aromatic carbocycles. The van der Waals surface area contributed by atoms with Crippen LogP contribution in [0.1, 0.15) is 45.9 Å². The van der Waals surface area contributed by atoms with Gasteiger partial charge in [0.1, 0.15) is 23.9 Å². The van der Waals surface area contributed by atoms with Crippen LogP contribution >= 0.6 is 0 Å². The van der Waals surface area contributed by atoms with Gasteiger partial charge in [0.05, 0.1) is 24.4 Å². The third-order valence-corrected chi connectivity index (χ3v) is 5.16. The van der Waals surface area contributed by atoms with Crippen molar-refractivity contribution >= 4 is 5.91 Å². The van der Waals surface area contributed by atoms with Crippen LogP contribution in [-0.4, -0.2) is 30.1 Å². The molecule has 0 N–H and O–H groups in total. The molecule has 3 rings (SSSR count). The molecule has 3 aromatic rings. The van der Waals surface area contributed by atoms with Crippen LogP contribution in [0.15, 0.2) is 53.1 Å². The molecule has 152 valence electrons. The van der Waals surface area contributed by atoms with Crippen LogP contribution in [0.4, 0.5) is 0 Å². The van der Waals surface area contributed by atoms with E-state index in [4.69, 9.17) is 14.0 Å². The van der Waals surface area contributed by atoms with E-state index in [-0.39, 0.29) is 11.9 Å². The Morgan fingerprint density at radius 3 is 2.45 bits per heavy atom. The lowest BCUT2D eigenvalue weighted by atomic mass is 10.0. The fourth-order valence-electron chi connectivity index (χ4n) is 3.16. The summed E-state index contributed by atoms with van der Waals surface area (Å²) in [5.74, 6) is 2.13. The Labute approximate surface area is 171 Å². The van der Waals surface area contributed by atoms with Crippen molar-refractivity contribution in [2.75, 3.05) is 14.2 Å². The zero-order valence-electron chi connectivity index (χ0n) is 17.4. The first kappa shape index (κ1) is 20.5. The van der Waals surface area contributed by atoms with Crippen LogP contribution in [0.25, 0.3) is 0 Å². The van der Waals surface area contributed by atoms with E-state index >= 15 is 0 Å². The lowest BCUT2D eigenvalue weighted by molar-refractivity contribution is 0.0741. The van der Waals surface area contributed by atoms with Crippen molar-refractivity contribution in [1.82, 2.24) is 10.1 Å². The Hall–Kier alpha value is -3.28. The lowest BCUT2D eigenvalue weighted by Gasteiger charge is -2.26. The highest BCUT2D eigenvalue weighted by Gasteiger charge is 2.21. The first-order valence-corrected chi connectivity index (χ1v) is 9.47. The number of para-hydroxylation sites is 1. The van der Waals surface area contributed by atoms with Crippen LogP contribution in [0.5, 0.6) is 11.5 Å². The summed E-state index contributed by atoms with van der Waals surface area (Å²) in [6.45, 7) is 6.10. The van der Waals surface area contributed by atoms with Gasteiger partial charge in [0, 0.05) is 18.2 Å². The predicted octanol–water partition coefficient (Wildman–Crippen LogP) is 4.71. The maximum atomic E-state index is 12.9. The number of nitrogens with zero attached hydrogens (tertiary/aromatic N) is 2. The van der Waals surface area contributed by atoms with Crippen LogP contribution < -0.4 is 9.47 Å². The van der Waals surface area contributed by atoms with E-state index in [0.29, 0.717) is 17.9 Å². The highest BCUT2D eigenvalue weighted by atomic mass is 16.5. The quantitative estimate of drug-likeness (QED) is 0.580. The van der Waals surface area contributed by atoms with Crippen molar-refractivity contribution in [2.24, 2.45) is 0 Å². The summed E-state index contributed by atoms with van der Waals surface area (Å²) in [4.78, 5) is 14.6. The Morgan fingerprint density at radius 2 is 1.83 bits per heavy atom.